The van der Waals surface area contributed by atoms with Gasteiger partial charge < -0.3 is 0 Å². The molecule has 0 fully saturated rings. The van der Waals surface area contributed by atoms with Crippen molar-refractivity contribution in [1.82, 2.24) is 0 Å². The Labute approximate surface area is 78.4 Å². The van der Waals surface area contributed by atoms with Crippen LogP contribution in [0.1, 0.15) is 20.8 Å². The molecule has 0 spiro atoms. The summed E-state index contributed by atoms with van der Waals surface area (Å²) in [6, 6.07) is 0. The van der Waals surface area contributed by atoms with Crippen LogP contribution in [0.3, 0.4) is 0 Å². The van der Waals surface area contributed by atoms with E-state index in [1.165, 1.54) is 16.9 Å². The number of fused-ring (bicyclic) bond motifs is 1. The van der Waals surface area contributed by atoms with Crippen molar-refractivity contribution in [1.29, 1.82) is 0 Å². The molecule has 0 saturated heterocycles. The van der Waals surface area contributed by atoms with Crippen LogP contribution >= 0.6 is 11.8 Å². The lowest BCUT2D eigenvalue weighted by Gasteiger charge is -2.19. The third kappa shape index (κ3) is 1.08. The van der Waals surface area contributed by atoms with Crippen LogP contribution in [0.2, 0.25) is 0 Å². The minimum absolute atomic E-state index is 0.676. The minimum atomic E-state index is 0.676. The summed E-state index contributed by atoms with van der Waals surface area (Å²) < 4.78 is 0. The summed E-state index contributed by atoms with van der Waals surface area (Å²) >= 11 is 2.06. The van der Waals surface area contributed by atoms with E-state index in [0.717, 1.165) is 0 Å². The van der Waals surface area contributed by atoms with Crippen molar-refractivity contribution in [2.45, 2.75) is 26.0 Å². The van der Waals surface area contributed by atoms with Crippen LogP contribution in [-0.4, -0.2) is 11.0 Å². The van der Waals surface area contributed by atoms with Crippen LogP contribution in [0.5, 0.6) is 0 Å². The minimum Gasteiger partial charge on any atom is -0.145 e. The lowest BCUT2D eigenvalue weighted by atomic mass is 9.91. The average Bonchev–Trinajstić information content (AvgIpc) is 2.42. The number of hydrogen-bond acceptors (Lipinski definition) is 1. The van der Waals surface area contributed by atoms with Crippen molar-refractivity contribution in [3.05, 3.63) is 34.4 Å². The topological polar surface area (TPSA) is 0 Å². The van der Waals surface area contributed by atoms with E-state index in [-0.39, 0.29) is 0 Å². The van der Waals surface area contributed by atoms with E-state index >= 15 is 0 Å². The molecule has 0 nitrogen and oxygen atoms in total. The molecule has 0 amide bonds. The monoisotopic (exact) mass is 178 g/mol. The van der Waals surface area contributed by atoms with E-state index in [2.05, 4.69) is 44.7 Å². The van der Waals surface area contributed by atoms with E-state index in [1.807, 2.05) is 0 Å². The summed E-state index contributed by atoms with van der Waals surface area (Å²) in [5.74, 6) is 1.22. The van der Waals surface area contributed by atoms with Crippen molar-refractivity contribution >= 4 is 11.8 Å². The molecule has 2 aliphatic rings. The summed E-state index contributed by atoms with van der Waals surface area (Å²) in [6.07, 6.45) is 4.51. The Hall–Kier alpha value is -0.430. The summed E-state index contributed by atoms with van der Waals surface area (Å²) in [6.45, 7) is 6.72. The molecule has 1 aliphatic heterocycles. The van der Waals surface area contributed by atoms with Gasteiger partial charge in [0.15, 0.2) is 0 Å². The van der Waals surface area contributed by atoms with Crippen LogP contribution in [0.4, 0.5) is 0 Å². The first-order chi connectivity index (χ1) is 5.70. The molecule has 1 aliphatic carbocycles. The largest absolute Gasteiger partial charge is 0.145 e. The third-order valence-electron chi connectivity index (χ3n) is 2.62. The van der Waals surface area contributed by atoms with Crippen LogP contribution in [-0.2, 0) is 0 Å². The Morgan fingerprint density at radius 2 is 2.00 bits per heavy atom. The van der Waals surface area contributed by atoms with Crippen LogP contribution < -0.4 is 0 Å². The summed E-state index contributed by atoms with van der Waals surface area (Å²) in [7, 11) is 0. The fraction of sp³-hybridized carbons (Fsp3) is 0.455. The van der Waals surface area contributed by atoms with Gasteiger partial charge in [0, 0.05) is 5.75 Å². The van der Waals surface area contributed by atoms with Gasteiger partial charge in [-0.05, 0) is 31.9 Å². The zero-order valence-corrected chi connectivity index (χ0v) is 8.66. The lowest BCUT2D eigenvalue weighted by molar-refractivity contribution is 1.10. The molecule has 0 aromatic rings. The number of hydrogen-bond donors (Lipinski definition) is 0. The molecule has 1 unspecified atom stereocenters. The number of thioether (sulfide) groups is 1. The normalized spacial score (nSPS) is 28.4. The van der Waals surface area contributed by atoms with Crippen molar-refractivity contribution in [2.75, 3.05) is 5.75 Å². The second-order valence-corrected chi connectivity index (χ2v) is 4.74. The molecule has 64 valence electrons. The maximum atomic E-state index is 2.26. The SMILES string of the molecule is CC1=CC=C(C)C2SCC(C)=C12. The summed E-state index contributed by atoms with van der Waals surface area (Å²) in [5, 5.41) is 0.676. The highest BCUT2D eigenvalue weighted by molar-refractivity contribution is 8.00. The second kappa shape index (κ2) is 2.81. The zero-order chi connectivity index (χ0) is 8.72. The molecule has 0 aromatic carbocycles. The summed E-state index contributed by atoms with van der Waals surface area (Å²) in [4.78, 5) is 0. The van der Waals surface area contributed by atoms with E-state index in [4.69, 9.17) is 0 Å². The molecular weight excluding hydrogens is 164 g/mol. The quantitative estimate of drug-likeness (QED) is 0.548. The smallest absolute Gasteiger partial charge is 0.0512 e. The maximum absolute atomic E-state index is 2.26. The predicted octanol–water partition coefficient (Wildman–Crippen LogP) is 3.32. The van der Waals surface area contributed by atoms with Crippen LogP contribution in [0.25, 0.3) is 0 Å². The molecule has 1 atom stereocenters. The Morgan fingerprint density at radius 1 is 1.25 bits per heavy atom. The lowest BCUT2D eigenvalue weighted by Crippen LogP contribution is -2.09. The Bertz CT molecular complexity index is 305. The molecule has 12 heavy (non-hydrogen) atoms. The van der Waals surface area contributed by atoms with E-state index in [9.17, 15) is 0 Å². The van der Waals surface area contributed by atoms with Gasteiger partial charge in [0.05, 0.1) is 5.25 Å². The highest BCUT2D eigenvalue weighted by Gasteiger charge is 2.27. The van der Waals surface area contributed by atoms with Gasteiger partial charge in [-0.25, -0.2) is 0 Å². The fourth-order valence-corrected chi connectivity index (χ4v) is 3.40. The molecule has 1 heterocycles. The average molecular weight is 178 g/mol. The maximum Gasteiger partial charge on any atom is 0.0512 e. The molecule has 0 bridgehead atoms. The van der Waals surface area contributed by atoms with Gasteiger partial charge in [-0.3, -0.25) is 0 Å². The van der Waals surface area contributed by atoms with Gasteiger partial charge in [0.25, 0.3) is 0 Å². The molecule has 0 N–H and O–H groups in total. The Morgan fingerprint density at radius 3 is 2.67 bits per heavy atom. The van der Waals surface area contributed by atoms with Gasteiger partial charge in [-0.1, -0.05) is 23.3 Å². The first kappa shape index (κ1) is 8.18. The van der Waals surface area contributed by atoms with Crippen molar-refractivity contribution in [3.63, 3.8) is 0 Å². The Balaban J connectivity index is 2.49. The van der Waals surface area contributed by atoms with Gasteiger partial charge in [-0.2, -0.15) is 0 Å². The fourth-order valence-electron chi connectivity index (χ4n) is 1.93. The standard InChI is InChI=1S/C11H14S/c1-7-4-5-8(2)11-10(7)9(3)6-12-11/h4-5,11H,6H2,1-3H3. The van der Waals surface area contributed by atoms with Crippen molar-refractivity contribution in [2.24, 2.45) is 0 Å². The third-order valence-corrected chi connectivity index (χ3v) is 4.16. The van der Waals surface area contributed by atoms with Crippen molar-refractivity contribution in [3.8, 4) is 0 Å². The molecule has 1 heteroatoms. The van der Waals surface area contributed by atoms with Gasteiger partial charge in [0.1, 0.15) is 0 Å². The molecule has 0 saturated carbocycles. The highest BCUT2D eigenvalue weighted by Crippen LogP contribution is 2.42. The molecular formula is C11H14S. The van der Waals surface area contributed by atoms with E-state index < -0.39 is 0 Å². The van der Waals surface area contributed by atoms with Crippen molar-refractivity contribution < 1.29 is 0 Å². The number of rotatable bonds is 0. The van der Waals surface area contributed by atoms with Gasteiger partial charge in [-0.15, -0.1) is 11.8 Å². The first-order valence-corrected chi connectivity index (χ1v) is 5.41. The first-order valence-electron chi connectivity index (χ1n) is 4.37. The van der Waals surface area contributed by atoms with E-state index in [0.29, 0.717) is 5.25 Å². The van der Waals surface area contributed by atoms with Gasteiger partial charge >= 0.3 is 0 Å². The molecule has 0 aromatic heterocycles. The zero-order valence-electron chi connectivity index (χ0n) is 7.85. The van der Waals surface area contributed by atoms with Crippen LogP contribution in [0.15, 0.2) is 34.4 Å². The van der Waals surface area contributed by atoms with E-state index in [1.54, 1.807) is 11.1 Å². The predicted molar refractivity (Wildman–Crippen MR) is 56.5 cm³/mol. The number of allylic oxidation sites excluding steroid dienone is 3. The molecule has 2 rings (SSSR count). The summed E-state index contributed by atoms with van der Waals surface area (Å²) in [5.41, 5.74) is 6.15. The molecule has 0 radical (unpaired) electrons. The van der Waals surface area contributed by atoms with Gasteiger partial charge in [0.2, 0.25) is 0 Å². The highest BCUT2D eigenvalue weighted by atomic mass is 32.2. The van der Waals surface area contributed by atoms with Crippen LogP contribution in [0, 0.1) is 0 Å². The Kier molecular flexibility index (Phi) is 1.91. The second-order valence-electron chi connectivity index (χ2n) is 3.65.